The molecule has 0 radical (unpaired) electrons. The topological polar surface area (TPSA) is 71.5 Å². The van der Waals surface area contributed by atoms with Crippen LogP contribution in [0.15, 0.2) is 42.5 Å². The number of thiazole rings is 1. The Hall–Kier alpha value is -2.86. The lowest BCUT2D eigenvalue weighted by atomic mass is 10.1. The highest BCUT2D eigenvalue weighted by Crippen LogP contribution is 2.37. The first kappa shape index (κ1) is 19.9. The third kappa shape index (κ3) is 4.70. The molecular formula is C22H22NO4S-. The molecular weight excluding hydrogens is 374 g/mol. The van der Waals surface area contributed by atoms with Gasteiger partial charge >= 0.3 is 0 Å². The number of benzene rings is 2. The van der Waals surface area contributed by atoms with Gasteiger partial charge in [-0.1, -0.05) is 24.3 Å². The fraction of sp³-hybridized carbons (Fsp3) is 0.273. The average Bonchev–Trinajstić information content (AvgIpc) is 3.09. The first-order chi connectivity index (χ1) is 13.5. The Labute approximate surface area is 168 Å². The molecule has 3 aromatic rings. The summed E-state index contributed by atoms with van der Waals surface area (Å²) in [5.41, 5.74) is 2.54. The van der Waals surface area contributed by atoms with Gasteiger partial charge in [-0.15, -0.1) is 11.3 Å². The van der Waals surface area contributed by atoms with Gasteiger partial charge in [0.25, 0.3) is 0 Å². The maximum absolute atomic E-state index is 11.1. The quantitative estimate of drug-likeness (QED) is 0.572. The second kappa shape index (κ2) is 8.89. The van der Waals surface area contributed by atoms with Crippen LogP contribution in [0.5, 0.6) is 11.5 Å². The van der Waals surface area contributed by atoms with Crippen molar-refractivity contribution < 1.29 is 19.4 Å². The van der Waals surface area contributed by atoms with Crippen molar-refractivity contribution in [2.75, 3.05) is 7.11 Å². The molecule has 5 nitrogen and oxygen atoms in total. The minimum absolute atomic E-state index is 0.0300. The number of para-hydroxylation sites is 2. The Bertz CT molecular complexity index is 974. The number of rotatable bonds is 8. The number of hydrogen-bond donors (Lipinski definition) is 0. The Kier molecular flexibility index (Phi) is 6.31. The van der Waals surface area contributed by atoms with Gasteiger partial charge in [-0.2, -0.15) is 0 Å². The number of carbonyl (C=O) groups is 1. The van der Waals surface area contributed by atoms with E-state index in [-0.39, 0.29) is 12.5 Å². The summed E-state index contributed by atoms with van der Waals surface area (Å²) in [6, 6.07) is 13.5. The smallest absolute Gasteiger partial charge is 0.168 e. The van der Waals surface area contributed by atoms with Crippen molar-refractivity contribution in [3.63, 3.8) is 0 Å². The van der Waals surface area contributed by atoms with Crippen LogP contribution in [0.2, 0.25) is 0 Å². The fourth-order valence-corrected chi connectivity index (χ4v) is 3.85. The number of carboxylic acid groups (broad SMARTS) is 1. The van der Waals surface area contributed by atoms with Crippen molar-refractivity contribution in [3.8, 4) is 11.5 Å². The molecule has 0 spiro atoms. The first-order valence-corrected chi connectivity index (χ1v) is 9.89. The molecule has 0 bridgehead atoms. The zero-order valence-corrected chi connectivity index (χ0v) is 16.9. The van der Waals surface area contributed by atoms with E-state index in [0.29, 0.717) is 17.9 Å². The summed E-state index contributed by atoms with van der Waals surface area (Å²) in [6.07, 6.45) is 2.14. The maximum atomic E-state index is 11.1. The fourth-order valence-electron chi connectivity index (χ4n) is 2.84. The monoisotopic (exact) mass is 396 g/mol. The number of ether oxygens (including phenoxy) is 2. The van der Waals surface area contributed by atoms with Crippen LogP contribution in [0.1, 0.15) is 37.3 Å². The van der Waals surface area contributed by atoms with Crippen LogP contribution in [-0.2, 0) is 4.79 Å². The van der Waals surface area contributed by atoms with Crippen LogP contribution in [-0.4, -0.2) is 24.2 Å². The summed E-state index contributed by atoms with van der Waals surface area (Å²) < 4.78 is 12.5. The lowest BCUT2D eigenvalue weighted by Crippen LogP contribution is -2.21. The molecule has 0 unspecified atom stereocenters. The maximum Gasteiger partial charge on any atom is 0.168 e. The number of fused-ring (bicyclic) bond motifs is 1. The highest BCUT2D eigenvalue weighted by atomic mass is 32.1. The van der Waals surface area contributed by atoms with Crippen molar-refractivity contribution in [3.05, 3.63) is 53.0 Å². The number of nitrogens with zero attached hydrogens (tertiary/aromatic N) is 1. The van der Waals surface area contributed by atoms with Crippen LogP contribution in [0.3, 0.4) is 0 Å². The zero-order valence-electron chi connectivity index (χ0n) is 16.1. The van der Waals surface area contributed by atoms with Crippen molar-refractivity contribution in [2.45, 2.75) is 32.8 Å². The molecule has 0 aliphatic rings. The van der Waals surface area contributed by atoms with Crippen LogP contribution in [0.25, 0.3) is 21.9 Å². The lowest BCUT2D eigenvalue weighted by molar-refractivity contribution is -0.305. The number of methoxy groups -OCH3 is 1. The number of carboxylic acids is 1. The predicted molar refractivity (Wildman–Crippen MR) is 110 cm³/mol. The molecule has 146 valence electrons. The molecule has 0 aliphatic heterocycles. The molecule has 2 aromatic carbocycles. The molecule has 1 aromatic heterocycles. The van der Waals surface area contributed by atoms with E-state index in [1.165, 1.54) is 0 Å². The molecule has 0 N–H and O–H groups in total. The predicted octanol–water partition coefficient (Wildman–Crippen LogP) is 4.16. The molecule has 28 heavy (non-hydrogen) atoms. The number of aliphatic carboxylic acids is 1. The Morgan fingerprint density at radius 1 is 1.18 bits per heavy atom. The van der Waals surface area contributed by atoms with Crippen molar-refractivity contribution in [1.29, 1.82) is 0 Å². The van der Waals surface area contributed by atoms with Gasteiger partial charge in [0.2, 0.25) is 0 Å². The van der Waals surface area contributed by atoms with Gasteiger partial charge < -0.3 is 19.4 Å². The summed E-state index contributed by atoms with van der Waals surface area (Å²) in [5.74, 6) is 0.175. The molecule has 1 heterocycles. The van der Waals surface area contributed by atoms with E-state index >= 15 is 0 Å². The van der Waals surface area contributed by atoms with Crippen molar-refractivity contribution in [2.24, 2.45) is 0 Å². The SMILES string of the molecule is COc1cccc(/C=C(\CCC(=O)[O-])c2nc3ccccc3s2)c1OC(C)C. The van der Waals surface area contributed by atoms with Gasteiger partial charge in [0.1, 0.15) is 5.01 Å². The molecule has 0 fully saturated rings. The van der Waals surface area contributed by atoms with Crippen LogP contribution < -0.4 is 14.6 Å². The Morgan fingerprint density at radius 2 is 1.96 bits per heavy atom. The average molecular weight is 396 g/mol. The van der Waals surface area contributed by atoms with E-state index in [1.807, 2.05) is 62.4 Å². The van der Waals surface area contributed by atoms with E-state index in [2.05, 4.69) is 4.98 Å². The Balaban J connectivity index is 2.09. The van der Waals surface area contributed by atoms with Crippen LogP contribution in [0, 0.1) is 0 Å². The summed E-state index contributed by atoms with van der Waals surface area (Å²) >= 11 is 1.54. The first-order valence-electron chi connectivity index (χ1n) is 9.08. The highest BCUT2D eigenvalue weighted by molar-refractivity contribution is 7.19. The number of allylic oxidation sites excluding steroid dienone is 1. The second-order valence-electron chi connectivity index (χ2n) is 6.57. The molecule has 0 amide bonds. The van der Waals surface area contributed by atoms with Gasteiger partial charge in [-0.05, 0) is 56.5 Å². The second-order valence-corrected chi connectivity index (χ2v) is 7.60. The molecule has 3 rings (SSSR count). The number of aromatic nitrogens is 1. The van der Waals surface area contributed by atoms with E-state index in [9.17, 15) is 9.90 Å². The molecule has 0 aliphatic carbocycles. The summed E-state index contributed by atoms with van der Waals surface area (Å²) in [6.45, 7) is 3.90. The van der Waals surface area contributed by atoms with Crippen molar-refractivity contribution in [1.82, 2.24) is 4.98 Å². The van der Waals surface area contributed by atoms with Crippen LogP contribution in [0.4, 0.5) is 0 Å². The lowest BCUT2D eigenvalue weighted by Gasteiger charge is -2.16. The van der Waals surface area contributed by atoms with Gasteiger partial charge in [-0.3, -0.25) is 0 Å². The van der Waals surface area contributed by atoms with Gasteiger partial charge in [0.05, 0.1) is 23.4 Å². The molecule has 6 heteroatoms. The van der Waals surface area contributed by atoms with E-state index in [4.69, 9.17) is 9.47 Å². The third-order valence-corrected chi connectivity index (χ3v) is 5.19. The van der Waals surface area contributed by atoms with E-state index in [0.717, 1.165) is 26.4 Å². The summed E-state index contributed by atoms with van der Waals surface area (Å²) in [4.78, 5) is 15.8. The molecule has 0 saturated heterocycles. The minimum atomic E-state index is -1.09. The summed E-state index contributed by atoms with van der Waals surface area (Å²) in [5, 5.41) is 11.9. The normalized spacial score (nSPS) is 11.8. The van der Waals surface area contributed by atoms with E-state index < -0.39 is 5.97 Å². The van der Waals surface area contributed by atoms with Crippen molar-refractivity contribution >= 4 is 39.2 Å². The summed E-state index contributed by atoms with van der Waals surface area (Å²) in [7, 11) is 1.60. The van der Waals surface area contributed by atoms with Gasteiger partial charge in [0, 0.05) is 11.5 Å². The largest absolute Gasteiger partial charge is 0.550 e. The van der Waals surface area contributed by atoms with Gasteiger partial charge in [0.15, 0.2) is 11.5 Å². The van der Waals surface area contributed by atoms with E-state index in [1.54, 1.807) is 18.4 Å². The van der Waals surface area contributed by atoms with Crippen LogP contribution >= 0.6 is 11.3 Å². The standard InChI is InChI=1S/C22H23NO4S/c1-14(2)27-21-15(7-6-9-18(21)26-3)13-16(11-12-20(24)25)22-23-17-8-4-5-10-19(17)28-22/h4-10,13-14H,11-12H2,1-3H3,(H,24,25)/p-1/b16-13+. The third-order valence-electron chi connectivity index (χ3n) is 4.08. The molecule has 0 saturated carbocycles. The zero-order chi connectivity index (χ0) is 20.1. The molecule has 0 atom stereocenters. The number of carbonyl (C=O) groups excluding carboxylic acids is 1. The number of hydrogen-bond acceptors (Lipinski definition) is 6. The highest BCUT2D eigenvalue weighted by Gasteiger charge is 2.14. The Morgan fingerprint density at radius 3 is 2.64 bits per heavy atom. The van der Waals surface area contributed by atoms with Gasteiger partial charge in [-0.25, -0.2) is 4.98 Å². The minimum Gasteiger partial charge on any atom is -0.550 e.